The second-order valence-electron chi connectivity index (χ2n) is 19.1. The lowest BCUT2D eigenvalue weighted by atomic mass is 9.55. The monoisotopic (exact) mass is 903 g/mol. The summed E-state index contributed by atoms with van der Waals surface area (Å²) in [6.45, 7) is 17.0. The minimum atomic E-state index is -1.47. The third kappa shape index (κ3) is 14.4. The first-order chi connectivity index (χ1) is 31.5. The third-order valence-corrected chi connectivity index (χ3v) is 13.0. The summed E-state index contributed by atoms with van der Waals surface area (Å²) < 4.78 is 41.2. The summed E-state index contributed by atoms with van der Waals surface area (Å²) in [5.74, 6) is -1.12. The van der Waals surface area contributed by atoms with E-state index in [2.05, 4.69) is 32.2 Å². The van der Waals surface area contributed by atoms with Gasteiger partial charge in [0.05, 0.1) is 24.8 Å². The van der Waals surface area contributed by atoms with Crippen LogP contribution < -0.4 is 9.47 Å². The Hall–Kier alpha value is -4.19. The number of aliphatic hydroxyl groups excluding tert-OH is 2. The van der Waals surface area contributed by atoms with Crippen LogP contribution in [0.3, 0.4) is 0 Å². The van der Waals surface area contributed by atoms with Crippen molar-refractivity contribution >= 4 is 11.8 Å². The Bertz CT molecular complexity index is 1840. The van der Waals surface area contributed by atoms with Crippen LogP contribution in [-0.2, 0) is 20.9 Å². The van der Waals surface area contributed by atoms with Crippen molar-refractivity contribution < 1.29 is 43.2 Å². The molecule has 1 aliphatic heterocycles. The Labute approximate surface area is 389 Å². The fourth-order valence-electron chi connectivity index (χ4n) is 10.0. The summed E-state index contributed by atoms with van der Waals surface area (Å²) in [6, 6.07) is 11.3. The highest BCUT2D eigenvalue weighted by Gasteiger charge is 2.65. The summed E-state index contributed by atoms with van der Waals surface area (Å²) in [5, 5.41) is 24.8. The molecule has 5 rings (SSSR count). The van der Waals surface area contributed by atoms with Crippen molar-refractivity contribution in [1.82, 2.24) is 4.90 Å². The molecule has 0 saturated heterocycles. The van der Waals surface area contributed by atoms with E-state index in [1.807, 2.05) is 32.9 Å². The van der Waals surface area contributed by atoms with Gasteiger partial charge in [-0.15, -0.1) is 6.58 Å². The highest BCUT2D eigenvalue weighted by atomic mass is 19.1. The van der Waals surface area contributed by atoms with E-state index in [1.165, 1.54) is 57.1 Å². The Morgan fingerprint density at radius 3 is 2.20 bits per heavy atom. The molecule has 0 unspecified atom stereocenters. The van der Waals surface area contributed by atoms with Crippen LogP contribution in [0.4, 0.5) is 9.18 Å². The molecule has 0 aromatic heterocycles. The van der Waals surface area contributed by atoms with E-state index in [0.717, 1.165) is 61.6 Å². The molecule has 2 aromatic carbocycles. The minimum absolute atomic E-state index is 0.0513. The maximum atomic E-state index is 14.9. The molecule has 1 heterocycles. The molecule has 65 heavy (non-hydrogen) atoms. The first-order valence-electron chi connectivity index (χ1n) is 24.7. The van der Waals surface area contributed by atoms with Crippen molar-refractivity contribution in [1.29, 1.82) is 0 Å². The van der Waals surface area contributed by atoms with Crippen LogP contribution in [0.1, 0.15) is 154 Å². The van der Waals surface area contributed by atoms with E-state index >= 15 is 0 Å². The van der Waals surface area contributed by atoms with Crippen LogP contribution in [0.2, 0.25) is 0 Å². The molecule has 360 valence electrons. The van der Waals surface area contributed by atoms with Gasteiger partial charge in [0.25, 0.3) is 0 Å². The molecule has 0 bridgehead atoms. The first-order valence-corrected chi connectivity index (χ1v) is 24.7. The molecule has 6 atom stereocenters. The number of hydrogen-bond acceptors (Lipinski definition) is 9. The number of hydrogen-bond donors (Lipinski definition) is 2. The van der Waals surface area contributed by atoms with Crippen molar-refractivity contribution in [2.24, 2.45) is 22.9 Å². The Morgan fingerprint density at radius 2 is 1.55 bits per heavy atom. The number of fused-ring (bicyclic) bond motifs is 2. The number of unbranched alkanes of at least 4 members (excludes halogenated alkanes) is 11. The van der Waals surface area contributed by atoms with E-state index in [-0.39, 0.29) is 63.0 Å². The second-order valence-corrected chi connectivity index (χ2v) is 19.1. The molecule has 1 saturated carbocycles. The summed E-state index contributed by atoms with van der Waals surface area (Å²) in [7, 11) is 0. The zero-order chi connectivity index (χ0) is 46.7. The summed E-state index contributed by atoms with van der Waals surface area (Å²) >= 11 is 0. The van der Waals surface area contributed by atoms with Crippen LogP contribution in [0, 0.1) is 23.6 Å². The largest absolute Gasteiger partial charge is 0.490 e. The molecule has 2 N–H and O–H groups in total. The molecule has 0 spiro atoms. The van der Waals surface area contributed by atoms with Gasteiger partial charge in [0.1, 0.15) is 35.6 Å². The number of ether oxygens (including phenoxy) is 4. The van der Waals surface area contributed by atoms with Gasteiger partial charge < -0.3 is 34.0 Å². The number of nitrogens with zero attached hydrogens (tertiary/aromatic N) is 2. The van der Waals surface area contributed by atoms with Gasteiger partial charge >= 0.3 is 6.09 Å². The topological polar surface area (TPSA) is 119 Å². The van der Waals surface area contributed by atoms with Crippen LogP contribution in [0.25, 0.3) is 0 Å². The number of allylic oxidation sites excluding steroid dienone is 1. The molecule has 2 aromatic rings. The Morgan fingerprint density at radius 1 is 0.892 bits per heavy atom. The van der Waals surface area contributed by atoms with Crippen molar-refractivity contribution in [2.75, 3.05) is 33.0 Å². The predicted molar refractivity (Wildman–Crippen MR) is 257 cm³/mol. The molecule has 0 radical (unpaired) electrons. The van der Waals surface area contributed by atoms with E-state index in [0.29, 0.717) is 36.7 Å². The standard InChI is InChI=1S/C54H79FN2O8/c1-7-10-11-12-13-14-15-16-17-22-35-62-52(60)57(39-40-25-27-42(55)28-26-40)49-38-47(56-65-53(4,5)6)45-36-41(23-18-20-31-58)44(24-19-21-32-59)50-46-37-43(61-33-8-2)29-30-48(46)64-54(49,51(45)50)63-34-9-3/h8-9,25-30,36-37,41,44,49-51,58-59H,2-3,7,10-24,31-35,38-39H2,1,4-6H3/t41-,44+,49-,50+,51+,54+/m0/s1. The van der Waals surface area contributed by atoms with Gasteiger partial charge in [0.15, 0.2) is 0 Å². The van der Waals surface area contributed by atoms with E-state index in [4.69, 9.17) is 28.9 Å². The third-order valence-electron chi connectivity index (χ3n) is 13.0. The Kier molecular flexibility index (Phi) is 20.9. The summed E-state index contributed by atoms with van der Waals surface area (Å²) in [5.41, 5.74) is 2.70. The SMILES string of the molecule is C=CCOc1ccc2c(c1)[C@H]1[C@H](CCCCO)[C@@H](CCCCO)C=C3C(=NOC(C)(C)C)C[C@H](N(Cc4ccc(F)cc4)C(=O)OCCCCCCCCCCCC)[C@@](OCC=C)(O2)[C@H]31. The molecular formula is C54H79FN2O8. The fourth-order valence-corrected chi connectivity index (χ4v) is 10.0. The highest BCUT2D eigenvalue weighted by molar-refractivity contribution is 6.03. The molecular weight excluding hydrogens is 824 g/mol. The average molecular weight is 903 g/mol. The van der Waals surface area contributed by atoms with Crippen molar-refractivity contribution in [2.45, 2.75) is 167 Å². The number of halogens is 1. The molecule has 11 heteroatoms. The Balaban J connectivity index is 1.64. The molecule has 2 aliphatic carbocycles. The van der Waals surface area contributed by atoms with Crippen LogP contribution in [0.15, 0.2) is 84.6 Å². The number of amides is 1. The molecule has 10 nitrogen and oxygen atoms in total. The zero-order valence-corrected chi connectivity index (χ0v) is 40.0. The molecule has 1 amide bonds. The van der Waals surface area contributed by atoms with E-state index in [9.17, 15) is 19.4 Å². The van der Waals surface area contributed by atoms with Gasteiger partial charge in [0.2, 0.25) is 5.79 Å². The van der Waals surface area contributed by atoms with Crippen LogP contribution >= 0.6 is 0 Å². The smallest absolute Gasteiger partial charge is 0.410 e. The van der Waals surface area contributed by atoms with Gasteiger partial charge in [-0.3, -0.25) is 4.90 Å². The quantitative estimate of drug-likeness (QED) is 0.0471. The summed E-state index contributed by atoms with van der Waals surface area (Å²) in [6.07, 6.45) is 21.6. The van der Waals surface area contributed by atoms with Crippen LogP contribution in [-0.4, -0.2) is 77.4 Å². The number of oxime groups is 1. The number of carbonyl (C=O) groups excluding carboxylic acids is 1. The maximum absolute atomic E-state index is 14.9. The van der Waals surface area contributed by atoms with Crippen molar-refractivity contribution in [3.8, 4) is 11.5 Å². The first kappa shape index (κ1) is 51.8. The van der Waals surface area contributed by atoms with E-state index < -0.39 is 29.4 Å². The lowest BCUT2D eigenvalue weighted by Crippen LogP contribution is -2.70. The molecule has 3 aliphatic rings. The number of benzene rings is 2. The fraction of sp³-hybridized carbons (Fsp3) is 0.630. The van der Waals surface area contributed by atoms with Gasteiger partial charge in [-0.25, -0.2) is 9.18 Å². The van der Waals surface area contributed by atoms with Gasteiger partial charge in [0, 0.05) is 37.7 Å². The zero-order valence-electron chi connectivity index (χ0n) is 40.0. The van der Waals surface area contributed by atoms with Crippen molar-refractivity contribution in [3.05, 3.63) is 96.4 Å². The number of aliphatic hydroxyl groups is 2. The second kappa shape index (κ2) is 26.2. The lowest BCUT2D eigenvalue weighted by Gasteiger charge is -2.60. The number of carbonyl (C=O) groups is 1. The van der Waals surface area contributed by atoms with Crippen molar-refractivity contribution in [3.63, 3.8) is 0 Å². The lowest BCUT2D eigenvalue weighted by molar-refractivity contribution is -0.256. The van der Waals surface area contributed by atoms with Crippen LogP contribution in [0.5, 0.6) is 11.5 Å². The van der Waals surface area contributed by atoms with E-state index in [1.54, 1.807) is 29.2 Å². The normalized spacial score (nSPS) is 22.8. The molecule has 1 fully saturated rings. The van der Waals surface area contributed by atoms with Gasteiger partial charge in [-0.1, -0.05) is 120 Å². The average Bonchev–Trinajstić information content (AvgIpc) is 3.29. The highest BCUT2D eigenvalue weighted by Crippen LogP contribution is 2.62. The van der Waals surface area contributed by atoms with Gasteiger partial charge in [-0.05, 0) is 106 Å². The maximum Gasteiger partial charge on any atom is 0.410 e. The minimum Gasteiger partial charge on any atom is -0.490 e. The summed E-state index contributed by atoms with van der Waals surface area (Å²) in [4.78, 5) is 22.9. The predicted octanol–water partition coefficient (Wildman–Crippen LogP) is 12.4. The van der Waals surface area contributed by atoms with Gasteiger partial charge in [-0.2, -0.15) is 0 Å². The number of rotatable bonds is 29.